The number of amides is 1. The van der Waals surface area contributed by atoms with E-state index in [0.29, 0.717) is 9.90 Å². The van der Waals surface area contributed by atoms with Crippen LogP contribution in [-0.4, -0.2) is 18.0 Å². The van der Waals surface area contributed by atoms with Crippen molar-refractivity contribution in [1.82, 2.24) is 5.32 Å². The molecule has 14 heavy (non-hydrogen) atoms. The highest BCUT2D eigenvalue weighted by Gasteiger charge is 2.35. The van der Waals surface area contributed by atoms with Crippen LogP contribution in [0.1, 0.15) is 21.7 Å². The van der Waals surface area contributed by atoms with Crippen LogP contribution < -0.4 is 11.1 Å². The normalized spacial score (nSPS) is 24.8. The van der Waals surface area contributed by atoms with E-state index in [9.17, 15) is 4.79 Å². The van der Waals surface area contributed by atoms with Gasteiger partial charge in [-0.2, -0.15) is 0 Å². The molecule has 5 heteroatoms. The SMILES string of the molecule is Cc1csc(C(=O)NC2CC2N)c1Cl. The van der Waals surface area contributed by atoms with Gasteiger partial charge in [0.05, 0.1) is 5.02 Å². The summed E-state index contributed by atoms with van der Waals surface area (Å²) in [6.45, 7) is 1.89. The quantitative estimate of drug-likeness (QED) is 0.810. The number of aryl methyl sites for hydroxylation is 1. The lowest BCUT2D eigenvalue weighted by molar-refractivity contribution is 0.0954. The van der Waals surface area contributed by atoms with Crippen LogP contribution in [0.15, 0.2) is 5.38 Å². The van der Waals surface area contributed by atoms with Crippen LogP contribution in [0, 0.1) is 6.92 Å². The van der Waals surface area contributed by atoms with Gasteiger partial charge in [0.25, 0.3) is 5.91 Å². The number of hydrogen-bond acceptors (Lipinski definition) is 3. The Morgan fingerprint density at radius 3 is 2.86 bits per heavy atom. The van der Waals surface area contributed by atoms with Gasteiger partial charge in [0.1, 0.15) is 4.88 Å². The molecule has 1 aliphatic rings. The van der Waals surface area contributed by atoms with Crippen LogP contribution in [0.2, 0.25) is 5.02 Å². The Morgan fingerprint density at radius 1 is 1.79 bits per heavy atom. The minimum absolute atomic E-state index is 0.106. The maximum absolute atomic E-state index is 11.6. The molecule has 1 heterocycles. The van der Waals surface area contributed by atoms with Gasteiger partial charge in [0.2, 0.25) is 0 Å². The molecule has 0 spiro atoms. The van der Waals surface area contributed by atoms with E-state index in [1.165, 1.54) is 11.3 Å². The molecule has 2 atom stereocenters. The summed E-state index contributed by atoms with van der Waals surface area (Å²) in [5.74, 6) is -0.106. The zero-order valence-corrected chi connectivity index (χ0v) is 9.28. The maximum Gasteiger partial charge on any atom is 0.263 e. The number of halogens is 1. The predicted molar refractivity (Wildman–Crippen MR) is 57.9 cm³/mol. The number of carbonyl (C=O) groups excluding carboxylic acids is 1. The van der Waals surface area contributed by atoms with Crippen molar-refractivity contribution in [2.45, 2.75) is 25.4 Å². The molecule has 76 valence electrons. The van der Waals surface area contributed by atoms with Crippen LogP contribution in [0.5, 0.6) is 0 Å². The Hall–Kier alpha value is -0.580. The Balaban J connectivity index is 2.07. The topological polar surface area (TPSA) is 55.1 Å². The lowest BCUT2D eigenvalue weighted by Crippen LogP contribution is -2.29. The molecule has 0 bridgehead atoms. The van der Waals surface area contributed by atoms with Crippen LogP contribution in [0.3, 0.4) is 0 Å². The summed E-state index contributed by atoms with van der Waals surface area (Å²) in [6.07, 6.45) is 0.869. The second-order valence-corrected chi connectivity index (χ2v) is 4.80. The molecule has 1 saturated carbocycles. The number of nitrogens with one attached hydrogen (secondary N) is 1. The number of carbonyl (C=O) groups is 1. The van der Waals surface area contributed by atoms with Gasteiger partial charge in [-0.1, -0.05) is 11.6 Å². The van der Waals surface area contributed by atoms with E-state index >= 15 is 0 Å². The van der Waals surface area contributed by atoms with Gasteiger partial charge in [-0.15, -0.1) is 11.3 Å². The van der Waals surface area contributed by atoms with Crippen LogP contribution in [-0.2, 0) is 0 Å². The first-order chi connectivity index (χ1) is 6.59. The van der Waals surface area contributed by atoms with Gasteiger partial charge in [-0.05, 0) is 24.3 Å². The average molecular weight is 231 g/mol. The lowest BCUT2D eigenvalue weighted by Gasteiger charge is -2.01. The Bertz CT molecular complexity index is 377. The van der Waals surface area contributed by atoms with Crippen LogP contribution in [0.4, 0.5) is 0 Å². The lowest BCUT2D eigenvalue weighted by atomic mass is 10.3. The minimum Gasteiger partial charge on any atom is -0.347 e. The highest BCUT2D eigenvalue weighted by atomic mass is 35.5. The number of thiophene rings is 1. The molecular formula is C9H11ClN2OS. The van der Waals surface area contributed by atoms with Gasteiger partial charge < -0.3 is 11.1 Å². The van der Waals surface area contributed by atoms with Crippen LogP contribution in [0.25, 0.3) is 0 Å². The van der Waals surface area contributed by atoms with Crippen molar-refractivity contribution in [2.75, 3.05) is 0 Å². The van der Waals surface area contributed by atoms with E-state index in [-0.39, 0.29) is 18.0 Å². The van der Waals surface area contributed by atoms with Crippen molar-refractivity contribution < 1.29 is 4.79 Å². The molecule has 3 nitrogen and oxygen atoms in total. The Labute approximate surface area is 91.2 Å². The smallest absolute Gasteiger partial charge is 0.263 e. The van der Waals surface area contributed by atoms with E-state index < -0.39 is 0 Å². The van der Waals surface area contributed by atoms with Gasteiger partial charge >= 0.3 is 0 Å². The third-order valence-corrected chi connectivity index (χ3v) is 3.96. The summed E-state index contributed by atoms with van der Waals surface area (Å²) in [5, 5.41) is 5.27. The molecular weight excluding hydrogens is 220 g/mol. The van der Waals surface area contributed by atoms with E-state index in [1.807, 2.05) is 12.3 Å². The molecule has 0 saturated heterocycles. The molecule has 0 radical (unpaired) electrons. The standard InChI is InChI=1S/C9H11ClN2OS/c1-4-3-14-8(7(4)10)9(13)12-6-2-5(6)11/h3,5-6H,2,11H2,1H3,(H,12,13). The molecule has 1 aromatic heterocycles. The molecule has 3 N–H and O–H groups in total. The van der Waals surface area contributed by atoms with E-state index in [2.05, 4.69) is 5.32 Å². The molecule has 0 aromatic carbocycles. The van der Waals surface area contributed by atoms with Gasteiger partial charge in [0.15, 0.2) is 0 Å². The van der Waals surface area contributed by atoms with Crippen molar-refractivity contribution in [3.63, 3.8) is 0 Å². The van der Waals surface area contributed by atoms with E-state index in [1.54, 1.807) is 0 Å². The summed E-state index contributed by atoms with van der Waals surface area (Å²) in [5.41, 5.74) is 6.54. The summed E-state index contributed by atoms with van der Waals surface area (Å²) in [6, 6.07) is 0.264. The van der Waals surface area contributed by atoms with Gasteiger partial charge in [0, 0.05) is 12.1 Å². The summed E-state index contributed by atoms with van der Waals surface area (Å²) in [4.78, 5) is 12.2. The third-order valence-electron chi connectivity index (χ3n) is 2.26. The summed E-state index contributed by atoms with van der Waals surface area (Å²) in [7, 11) is 0. The first-order valence-electron chi connectivity index (χ1n) is 4.39. The highest BCUT2D eigenvalue weighted by molar-refractivity contribution is 7.13. The molecule has 1 fully saturated rings. The first-order valence-corrected chi connectivity index (χ1v) is 5.65. The first kappa shape index (κ1) is 9.96. The summed E-state index contributed by atoms with van der Waals surface area (Å²) >= 11 is 7.33. The molecule has 2 rings (SSSR count). The second-order valence-electron chi connectivity index (χ2n) is 3.54. The van der Waals surface area contributed by atoms with Crippen LogP contribution >= 0.6 is 22.9 Å². The summed E-state index contributed by atoms with van der Waals surface area (Å²) < 4.78 is 0. The maximum atomic E-state index is 11.6. The van der Waals surface area contributed by atoms with Gasteiger partial charge in [-0.25, -0.2) is 0 Å². The highest BCUT2D eigenvalue weighted by Crippen LogP contribution is 2.28. The zero-order chi connectivity index (χ0) is 10.3. The Morgan fingerprint density at radius 2 is 2.43 bits per heavy atom. The predicted octanol–water partition coefficient (Wildman–Crippen LogP) is 1.54. The fourth-order valence-corrected chi connectivity index (χ4v) is 2.38. The monoisotopic (exact) mass is 230 g/mol. The third kappa shape index (κ3) is 1.78. The molecule has 1 aliphatic carbocycles. The zero-order valence-electron chi connectivity index (χ0n) is 7.71. The largest absolute Gasteiger partial charge is 0.347 e. The van der Waals surface area contributed by atoms with E-state index in [4.69, 9.17) is 17.3 Å². The minimum atomic E-state index is -0.106. The van der Waals surface area contributed by atoms with Crippen molar-refractivity contribution in [3.8, 4) is 0 Å². The molecule has 0 aliphatic heterocycles. The fourth-order valence-electron chi connectivity index (χ4n) is 1.20. The molecule has 1 aromatic rings. The number of rotatable bonds is 2. The van der Waals surface area contributed by atoms with Crippen molar-refractivity contribution in [3.05, 3.63) is 20.8 Å². The molecule has 1 amide bonds. The van der Waals surface area contributed by atoms with Crippen molar-refractivity contribution >= 4 is 28.8 Å². The number of nitrogens with two attached hydrogens (primary N) is 1. The second kappa shape index (κ2) is 3.53. The average Bonchev–Trinajstić information content (AvgIpc) is 2.70. The number of hydrogen-bond donors (Lipinski definition) is 2. The Kier molecular flexibility index (Phi) is 2.51. The van der Waals surface area contributed by atoms with Gasteiger partial charge in [-0.3, -0.25) is 4.79 Å². The van der Waals surface area contributed by atoms with Crippen molar-refractivity contribution in [1.29, 1.82) is 0 Å². The van der Waals surface area contributed by atoms with Crippen molar-refractivity contribution in [2.24, 2.45) is 5.73 Å². The fraction of sp³-hybridized carbons (Fsp3) is 0.444. The van der Waals surface area contributed by atoms with E-state index in [0.717, 1.165) is 12.0 Å². The molecule has 2 unspecified atom stereocenters.